The van der Waals surface area contributed by atoms with E-state index in [4.69, 9.17) is 0 Å². The summed E-state index contributed by atoms with van der Waals surface area (Å²) in [5, 5.41) is 9.63. The van der Waals surface area contributed by atoms with E-state index in [1.54, 1.807) is 0 Å². The maximum Gasteiger partial charge on any atom is 0.0560 e. The van der Waals surface area contributed by atoms with Crippen molar-refractivity contribution in [2.75, 3.05) is 4.90 Å². The van der Waals surface area contributed by atoms with Gasteiger partial charge < -0.3 is 4.90 Å². The maximum absolute atomic E-state index is 2.76. The second-order valence-corrected chi connectivity index (χ2v) is 18.7. The standard InChI is InChI=1S/C53H41NS2/c1-53(2)41-16-8-7-15-39(41)48-42(53)17-9-18-43(48)54(37-26-23-33(24-27-37)36-22-21-32-11-3-4-13-35(32)31-36)44-19-10-20-45-50(44)51-47(55-45)30-29-46-49(51)40-28-25-34-12-5-6-14-38(34)52(40)56-46/h3-9,11-19,21,23-26,28-31,36-37H,10,20,22,27H2,1-2H3. The van der Waals surface area contributed by atoms with Crippen LogP contribution in [0, 0.1) is 5.92 Å². The van der Waals surface area contributed by atoms with Gasteiger partial charge in [-0.3, -0.25) is 0 Å². The Bertz CT molecular complexity index is 3200. The topological polar surface area (TPSA) is 3.24 Å². The molecule has 4 aliphatic rings. The van der Waals surface area contributed by atoms with Crippen molar-refractivity contribution in [3.05, 3.63) is 177 Å². The van der Waals surface area contributed by atoms with Crippen molar-refractivity contribution in [2.24, 2.45) is 5.92 Å². The summed E-state index contributed by atoms with van der Waals surface area (Å²) in [7, 11) is 0. The molecule has 8 aromatic rings. The molecule has 0 N–H and O–H groups in total. The van der Waals surface area contributed by atoms with Crippen LogP contribution >= 0.6 is 22.7 Å². The van der Waals surface area contributed by atoms with E-state index in [1.165, 1.54) is 101 Å². The Labute approximate surface area is 335 Å². The van der Waals surface area contributed by atoms with Crippen molar-refractivity contribution in [1.82, 2.24) is 0 Å². The Morgan fingerprint density at radius 3 is 2.34 bits per heavy atom. The third-order valence-electron chi connectivity index (χ3n) is 13.2. The van der Waals surface area contributed by atoms with E-state index in [0.29, 0.717) is 5.92 Å². The Morgan fingerprint density at radius 2 is 1.45 bits per heavy atom. The number of anilines is 1. The molecule has 2 aromatic heterocycles. The minimum absolute atomic E-state index is 0.0710. The predicted octanol–water partition coefficient (Wildman–Crippen LogP) is 13.1. The van der Waals surface area contributed by atoms with Gasteiger partial charge in [0.15, 0.2) is 0 Å². The molecule has 4 aliphatic carbocycles. The zero-order valence-corrected chi connectivity index (χ0v) is 33.3. The molecule has 2 heterocycles. The van der Waals surface area contributed by atoms with Crippen molar-refractivity contribution in [2.45, 2.75) is 51.0 Å². The molecule has 2 atom stereocenters. The number of thiophene rings is 2. The fraction of sp³-hybridized carbons (Fsp3) is 0.170. The average molecular weight is 756 g/mol. The van der Waals surface area contributed by atoms with E-state index >= 15 is 0 Å². The third-order valence-corrected chi connectivity index (χ3v) is 15.6. The quantitative estimate of drug-likeness (QED) is 0.173. The Morgan fingerprint density at radius 1 is 0.643 bits per heavy atom. The molecule has 0 bridgehead atoms. The van der Waals surface area contributed by atoms with Gasteiger partial charge in [0.1, 0.15) is 0 Å². The summed E-state index contributed by atoms with van der Waals surface area (Å²) >= 11 is 3.98. The highest BCUT2D eigenvalue weighted by molar-refractivity contribution is 7.27. The first-order chi connectivity index (χ1) is 27.5. The predicted molar refractivity (Wildman–Crippen MR) is 243 cm³/mol. The van der Waals surface area contributed by atoms with Crippen molar-refractivity contribution in [3.8, 4) is 11.1 Å². The molecular formula is C53H41NS2. The summed E-state index contributed by atoms with van der Waals surface area (Å²) in [6.45, 7) is 4.81. The van der Waals surface area contributed by atoms with Crippen LogP contribution in [0.4, 0.5) is 5.69 Å². The number of nitrogens with zero attached hydrogens (tertiary/aromatic N) is 1. The molecule has 0 fully saturated rings. The van der Waals surface area contributed by atoms with Crippen LogP contribution in [0.15, 0.2) is 145 Å². The first-order valence-electron chi connectivity index (χ1n) is 20.2. The summed E-state index contributed by atoms with van der Waals surface area (Å²) in [5.41, 5.74) is 11.1. The number of benzene rings is 6. The van der Waals surface area contributed by atoms with E-state index in [9.17, 15) is 0 Å². The number of rotatable bonds is 4. The van der Waals surface area contributed by atoms with Crippen molar-refractivity contribution in [3.63, 3.8) is 0 Å². The lowest BCUT2D eigenvalue weighted by atomic mass is 9.82. The lowest BCUT2D eigenvalue weighted by molar-refractivity contribution is 0.660. The third kappa shape index (κ3) is 4.71. The van der Waals surface area contributed by atoms with Crippen LogP contribution in [-0.4, -0.2) is 6.04 Å². The van der Waals surface area contributed by atoms with Gasteiger partial charge in [-0.1, -0.05) is 147 Å². The maximum atomic E-state index is 2.76. The number of hydrogen-bond acceptors (Lipinski definition) is 3. The molecule has 0 aliphatic heterocycles. The smallest absolute Gasteiger partial charge is 0.0560 e. The largest absolute Gasteiger partial charge is 0.333 e. The minimum atomic E-state index is -0.0710. The lowest BCUT2D eigenvalue weighted by Gasteiger charge is -2.38. The highest BCUT2D eigenvalue weighted by Gasteiger charge is 2.39. The SMILES string of the molecule is CC1(C)c2ccccc2-c2c(N(C3=CCCc4sc5ccc6sc7c8ccccc8ccc7c6c5c43)C3C=CC(C4C=c5ccccc5=CC4)=CC3)cccc21. The molecule has 2 unspecified atom stereocenters. The van der Waals surface area contributed by atoms with Gasteiger partial charge in [-0.2, -0.15) is 0 Å². The minimum Gasteiger partial charge on any atom is -0.333 e. The van der Waals surface area contributed by atoms with Gasteiger partial charge in [-0.25, -0.2) is 0 Å². The highest BCUT2D eigenvalue weighted by atomic mass is 32.1. The lowest BCUT2D eigenvalue weighted by Crippen LogP contribution is -2.35. The monoisotopic (exact) mass is 755 g/mol. The van der Waals surface area contributed by atoms with Gasteiger partial charge in [-0.15, -0.1) is 22.7 Å². The molecule has 0 saturated carbocycles. The van der Waals surface area contributed by atoms with E-state index in [1.807, 2.05) is 22.7 Å². The number of aryl methyl sites for hydroxylation is 1. The van der Waals surface area contributed by atoms with Crippen molar-refractivity contribution < 1.29 is 0 Å². The second-order valence-electron chi connectivity index (χ2n) is 16.6. The molecular weight excluding hydrogens is 715 g/mol. The molecule has 12 rings (SSSR count). The van der Waals surface area contributed by atoms with Crippen LogP contribution < -0.4 is 15.3 Å². The van der Waals surface area contributed by atoms with Crippen LogP contribution in [0.3, 0.4) is 0 Å². The fourth-order valence-electron chi connectivity index (χ4n) is 10.5. The molecule has 0 saturated heterocycles. The van der Waals surface area contributed by atoms with E-state index in [-0.39, 0.29) is 11.5 Å². The normalized spacial score (nSPS) is 19.2. The molecule has 1 nitrogen and oxygen atoms in total. The summed E-state index contributed by atoms with van der Waals surface area (Å²) in [5.74, 6) is 0.404. The zero-order valence-electron chi connectivity index (χ0n) is 31.7. The fourth-order valence-corrected chi connectivity index (χ4v) is 13.0. The second kappa shape index (κ2) is 12.3. The molecule has 0 spiro atoms. The summed E-state index contributed by atoms with van der Waals surface area (Å²) in [4.78, 5) is 4.28. The van der Waals surface area contributed by atoms with Crippen LogP contribution in [-0.2, 0) is 11.8 Å². The van der Waals surface area contributed by atoms with Crippen LogP contribution in [0.5, 0.6) is 0 Å². The van der Waals surface area contributed by atoms with E-state index in [0.717, 1.165) is 25.7 Å². The van der Waals surface area contributed by atoms with Gasteiger partial charge in [0, 0.05) is 69.0 Å². The van der Waals surface area contributed by atoms with Gasteiger partial charge in [0.25, 0.3) is 0 Å². The Hall–Kier alpha value is -5.48. The van der Waals surface area contributed by atoms with Gasteiger partial charge in [0.05, 0.1) is 6.04 Å². The molecule has 0 amide bonds. The summed E-state index contributed by atoms with van der Waals surface area (Å²) in [6.07, 6.45) is 19.2. The zero-order chi connectivity index (χ0) is 37.1. The number of allylic oxidation sites excluding steroid dienone is 3. The van der Waals surface area contributed by atoms with Crippen LogP contribution in [0.2, 0.25) is 0 Å². The Balaban J connectivity index is 1.07. The highest BCUT2D eigenvalue weighted by Crippen LogP contribution is 2.55. The molecule has 6 aromatic carbocycles. The molecule has 3 heteroatoms. The van der Waals surface area contributed by atoms with E-state index < -0.39 is 0 Å². The average Bonchev–Trinajstić information content (AvgIpc) is 3.89. The molecule has 270 valence electrons. The first kappa shape index (κ1) is 32.7. The molecule has 0 radical (unpaired) electrons. The Kier molecular flexibility index (Phi) is 7.17. The number of fused-ring (bicyclic) bond motifs is 13. The van der Waals surface area contributed by atoms with Crippen molar-refractivity contribution >= 4 is 87.2 Å². The summed E-state index contributed by atoms with van der Waals surface area (Å²) in [6, 6.07) is 43.7. The number of hydrogen-bond donors (Lipinski definition) is 0. The van der Waals surface area contributed by atoms with Gasteiger partial charge in [-0.05, 0) is 87.4 Å². The van der Waals surface area contributed by atoms with Gasteiger partial charge >= 0.3 is 0 Å². The van der Waals surface area contributed by atoms with Gasteiger partial charge in [0.2, 0.25) is 0 Å². The van der Waals surface area contributed by atoms with Crippen LogP contribution in [0.25, 0.3) is 70.0 Å². The molecule has 56 heavy (non-hydrogen) atoms. The first-order valence-corrected chi connectivity index (χ1v) is 21.8. The van der Waals surface area contributed by atoms with Crippen LogP contribution in [0.1, 0.15) is 54.7 Å². The summed E-state index contributed by atoms with van der Waals surface area (Å²) < 4.78 is 4.18. The van der Waals surface area contributed by atoms with E-state index in [2.05, 4.69) is 170 Å². The van der Waals surface area contributed by atoms with Crippen molar-refractivity contribution in [1.29, 1.82) is 0 Å².